The number of hydrogen-bond donors (Lipinski definition) is 1. The molecule has 1 heterocycles. The lowest BCUT2D eigenvalue weighted by atomic mass is 10.1. The SMILES string of the molecule is CC(=O)c1cccc(NC(=O)c2ccc(-c3ccc(C)c([N+](=O)[O-])c3)o2)c1. The van der Waals surface area contributed by atoms with Crippen LogP contribution in [0.25, 0.3) is 11.3 Å². The first-order valence-corrected chi connectivity index (χ1v) is 8.13. The number of nitrogens with one attached hydrogen (secondary N) is 1. The molecule has 1 amide bonds. The number of ketones is 1. The van der Waals surface area contributed by atoms with E-state index < -0.39 is 10.8 Å². The first-order chi connectivity index (χ1) is 12.8. The number of carbonyl (C=O) groups excluding carboxylic acids is 2. The molecule has 1 N–H and O–H groups in total. The van der Waals surface area contributed by atoms with Gasteiger partial charge in [0.25, 0.3) is 11.6 Å². The van der Waals surface area contributed by atoms with Crippen LogP contribution in [0.1, 0.15) is 33.4 Å². The molecule has 0 aliphatic carbocycles. The van der Waals surface area contributed by atoms with Gasteiger partial charge in [-0.2, -0.15) is 0 Å². The maximum Gasteiger partial charge on any atom is 0.291 e. The summed E-state index contributed by atoms with van der Waals surface area (Å²) in [4.78, 5) is 34.4. The van der Waals surface area contributed by atoms with Gasteiger partial charge in [0, 0.05) is 28.4 Å². The fraction of sp³-hybridized carbons (Fsp3) is 0.100. The zero-order chi connectivity index (χ0) is 19.6. The van der Waals surface area contributed by atoms with Crippen LogP contribution in [-0.4, -0.2) is 16.6 Å². The molecule has 7 nitrogen and oxygen atoms in total. The van der Waals surface area contributed by atoms with E-state index in [1.807, 2.05) is 0 Å². The van der Waals surface area contributed by atoms with E-state index in [9.17, 15) is 19.7 Å². The number of anilines is 1. The molecule has 0 radical (unpaired) electrons. The Bertz CT molecular complexity index is 1050. The van der Waals surface area contributed by atoms with Crippen molar-refractivity contribution >= 4 is 23.1 Å². The summed E-state index contributed by atoms with van der Waals surface area (Å²) < 4.78 is 5.55. The standard InChI is InChI=1S/C20H16N2O5/c1-12-6-7-15(11-17(12)22(25)26)18-8-9-19(27-18)20(24)21-16-5-3-4-14(10-16)13(2)23/h3-11H,1-2H3,(H,21,24). The third kappa shape index (κ3) is 3.92. The highest BCUT2D eigenvalue weighted by molar-refractivity contribution is 6.03. The summed E-state index contributed by atoms with van der Waals surface area (Å²) in [6.45, 7) is 3.10. The van der Waals surface area contributed by atoms with Gasteiger partial charge < -0.3 is 9.73 Å². The van der Waals surface area contributed by atoms with Crippen molar-refractivity contribution in [3.05, 3.63) is 81.6 Å². The number of carbonyl (C=O) groups is 2. The molecule has 2 aromatic carbocycles. The van der Waals surface area contributed by atoms with Gasteiger partial charge in [0.15, 0.2) is 11.5 Å². The van der Waals surface area contributed by atoms with Crippen molar-refractivity contribution < 1.29 is 18.9 Å². The van der Waals surface area contributed by atoms with Crippen LogP contribution < -0.4 is 5.32 Å². The molecule has 0 fully saturated rings. The van der Waals surface area contributed by atoms with Gasteiger partial charge in [0.1, 0.15) is 5.76 Å². The van der Waals surface area contributed by atoms with Gasteiger partial charge >= 0.3 is 0 Å². The predicted octanol–water partition coefficient (Wildman–Crippen LogP) is 4.62. The maximum absolute atomic E-state index is 12.4. The number of aryl methyl sites for hydroxylation is 1. The second-order valence-corrected chi connectivity index (χ2v) is 6.01. The molecule has 136 valence electrons. The van der Waals surface area contributed by atoms with Gasteiger partial charge in [0.2, 0.25) is 0 Å². The Morgan fingerprint density at radius 1 is 1.07 bits per heavy atom. The lowest BCUT2D eigenvalue weighted by Gasteiger charge is -2.05. The van der Waals surface area contributed by atoms with E-state index in [0.717, 1.165) is 0 Å². The molecule has 7 heteroatoms. The van der Waals surface area contributed by atoms with E-state index in [-0.39, 0.29) is 17.2 Å². The monoisotopic (exact) mass is 364 g/mol. The predicted molar refractivity (Wildman–Crippen MR) is 99.9 cm³/mol. The van der Waals surface area contributed by atoms with Crippen LogP contribution >= 0.6 is 0 Å². The molecule has 1 aromatic heterocycles. The van der Waals surface area contributed by atoms with Crippen LogP contribution in [0.4, 0.5) is 11.4 Å². The summed E-state index contributed by atoms with van der Waals surface area (Å²) in [7, 11) is 0. The number of amides is 1. The molecule has 0 atom stereocenters. The molecule has 0 aliphatic heterocycles. The minimum absolute atomic E-state index is 0.0176. The number of benzene rings is 2. The van der Waals surface area contributed by atoms with E-state index in [1.54, 1.807) is 49.4 Å². The van der Waals surface area contributed by atoms with Crippen LogP contribution in [0.15, 0.2) is 59.0 Å². The van der Waals surface area contributed by atoms with Crippen molar-refractivity contribution in [1.82, 2.24) is 0 Å². The highest BCUT2D eigenvalue weighted by atomic mass is 16.6. The molecule has 27 heavy (non-hydrogen) atoms. The minimum atomic E-state index is -0.483. The van der Waals surface area contributed by atoms with E-state index in [4.69, 9.17) is 4.42 Å². The first-order valence-electron chi connectivity index (χ1n) is 8.13. The second kappa shape index (κ2) is 7.25. The van der Waals surface area contributed by atoms with Crippen LogP contribution in [0.3, 0.4) is 0 Å². The fourth-order valence-corrected chi connectivity index (χ4v) is 2.58. The van der Waals surface area contributed by atoms with E-state index in [2.05, 4.69) is 5.32 Å². The quantitative estimate of drug-likeness (QED) is 0.404. The topological polar surface area (TPSA) is 102 Å². The number of nitro groups is 1. The molecule has 0 bridgehead atoms. The summed E-state index contributed by atoms with van der Waals surface area (Å²) >= 11 is 0. The van der Waals surface area contributed by atoms with Crippen LogP contribution in [0.5, 0.6) is 0 Å². The summed E-state index contributed by atoms with van der Waals surface area (Å²) in [5.74, 6) is -0.182. The number of Topliss-reactive ketones (excluding diaryl/α,β-unsaturated/α-hetero) is 1. The van der Waals surface area contributed by atoms with E-state index in [0.29, 0.717) is 28.1 Å². The highest BCUT2D eigenvalue weighted by Gasteiger charge is 2.16. The lowest BCUT2D eigenvalue weighted by molar-refractivity contribution is -0.385. The van der Waals surface area contributed by atoms with Crippen molar-refractivity contribution in [3.8, 4) is 11.3 Å². The third-order valence-electron chi connectivity index (χ3n) is 4.05. The first kappa shape index (κ1) is 18.1. The Kier molecular flexibility index (Phi) is 4.85. The molecule has 0 spiro atoms. The second-order valence-electron chi connectivity index (χ2n) is 6.01. The van der Waals surface area contributed by atoms with Crippen molar-refractivity contribution in [2.75, 3.05) is 5.32 Å². The summed E-state index contributed by atoms with van der Waals surface area (Å²) in [6, 6.07) is 14.4. The molecule has 0 saturated carbocycles. The minimum Gasteiger partial charge on any atom is -0.451 e. The molecule has 3 aromatic rings. The van der Waals surface area contributed by atoms with Crippen molar-refractivity contribution in [2.45, 2.75) is 13.8 Å². The summed E-state index contributed by atoms with van der Waals surface area (Å²) in [5, 5.41) is 13.7. The van der Waals surface area contributed by atoms with Gasteiger partial charge in [-0.3, -0.25) is 19.7 Å². The fourth-order valence-electron chi connectivity index (χ4n) is 2.58. The van der Waals surface area contributed by atoms with Gasteiger partial charge in [-0.1, -0.05) is 24.3 Å². The summed E-state index contributed by atoms with van der Waals surface area (Å²) in [6.07, 6.45) is 0. The van der Waals surface area contributed by atoms with Crippen molar-refractivity contribution in [2.24, 2.45) is 0 Å². The molecular weight excluding hydrogens is 348 g/mol. The van der Waals surface area contributed by atoms with E-state index in [1.165, 1.54) is 19.1 Å². The Morgan fingerprint density at radius 2 is 1.85 bits per heavy atom. The molecular formula is C20H16N2O5. The van der Waals surface area contributed by atoms with E-state index >= 15 is 0 Å². The molecule has 0 unspecified atom stereocenters. The largest absolute Gasteiger partial charge is 0.451 e. The zero-order valence-electron chi connectivity index (χ0n) is 14.7. The summed E-state index contributed by atoms with van der Waals surface area (Å²) in [5.41, 5.74) is 1.98. The average Bonchev–Trinajstić information content (AvgIpc) is 3.12. The van der Waals surface area contributed by atoms with Gasteiger partial charge in [-0.05, 0) is 38.1 Å². The number of rotatable bonds is 5. The third-order valence-corrected chi connectivity index (χ3v) is 4.05. The van der Waals surface area contributed by atoms with Crippen LogP contribution in [-0.2, 0) is 0 Å². The van der Waals surface area contributed by atoms with Gasteiger partial charge in [-0.15, -0.1) is 0 Å². The Balaban J connectivity index is 1.82. The highest BCUT2D eigenvalue weighted by Crippen LogP contribution is 2.28. The maximum atomic E-state index is 12.4. The molecule has 0 saturated heterocycles. The normalized spacial score (nSPS) is 10.4. The Labute approximate surface area is 154 Å². The number of hydrogen-bond acceptors (Lipinski definition) is 5. The number of nitrogens with zero attached hydrogens (tertiary/aromatic N) is 1. The molecule has 0 aliphatic rings. The van der Waals surface area contributed by atoms with Crippen LogP contribution in [0.2, 0.25) is 0 Å². The van der Waals surface area contributed by atoms with Crippen molar-refractivity contribution in [1.29, 1.82) is 0 Å². The molecule has 3 rings (SSSR count). The smallest absolute Gasteiger partial charge is 0.291 e. The lowest BCUT2D eigenvalue weighted by Crippen LogP contribution is -2.11. The van der Waals surface area contributed by atoms with Gasteiger partial charge in [-0.25, -0.2) is 0 Å². The Hall–Kier alpha value is -3.74. The van der Waals surface area contributed by atoms with Crippen molar-refractivity contribution in [3.63, 3.8) is 0 Å². The number of furan rings is 1. The zero-order valence-corrected chi connectivity index (χ0v) is 14.7. The van der Waals surface area contributed by atoms with Gasteiger partial charge in [0.05, 0.1) is 4.92 Å². The van der Waals surface area contributed by atoms with Crippen LogP contribution in [0, 0.1) is 17.0 Å². The number of nitro benzene ring substituents is 1. The average molecular weight is 364 g/mol. The Morgan fingerprint density at radius 3 is 2.56 bits per heavy atom.